The molecular formula is C46H30N2O. The van der Waals surface area contributed by atoms with Gasteiger partial charge >= 0.3 is 0 Å². The third kappa shape index (κ3) is 4.37. The molecule has 0 bridgehead atoms. The van der Waals surface area contributed by atoms with Crippen LogP contribution in [0.25, 0.3) is 71.3 Å². The van der Waals surface area contributed by atoms with E-state index in [-0.39, 0.29) is 0 Å². The van der Waals surface area contributed by atoms with E-state index in [1.807, 2.05) is 6.07 Å². The summed E-state index contributed by atoms with van der Waals surface area (Å²) in [6.45, 7) is 0. The molecule has 0 saturated heterocycles. The molecule has 0 amide bonds. The van der Waals surface area contributed by atoms with Crippen LogP contribution in [0.3, 0.4) is 0 Å². The van der Waals surface area contributed by atoms with E-state index in [4.69, 9.17) is 4.42 Å². The second-order valence-electron chi connectivity index (χ2n) is 12.6. The summed E-state index contributed by atoms with van der Waals surface area (Å²) in [6.07, 6.45) is 0. The van der Waals surface area contributed by atoms with Crippen molar-refractivity contribution in [2.24, 2.45) is 0 Å². The minimum absolute atomic E-state index is 0.879. The minimum atomic E-state index is 0.879. The number of benzene rings is 8. The van der Waals surface area contributed by atoms with Crippen molar-refractivity contribution < 1.29 is 4.42 Å². The highest BCUT2D eigenvalue weighted by atomic mass is 16.3. The van der Waals surface area contributed by atoms with Gasteiger partial charge in [-0.2, -0.15) is 0 Å². The molecule has 3 heteroatoms. The zero-order chi connectivity index (χ0) is 32.3. The van der Waals surface area contributed by atoms with E-state index in [9.17, 15) is 0 Å². The van der Waals surface area contributed by atoms with Crippen LogP contribution in [0.1, 0.15) is 0 Å². The van der Waals surface area contributed by atoms with Crippen molar-refractivity contribution in [2.45, 2.75) is 0 Å². The Morgan fingerprint density at radius 3 is 1.90 bits per heavy atom. The van der Waals surface area contributed by atoms with Gasteiger partial charge in [0.2, 0.25) is 0 Å². The molecule has 0 aliphatic heterocycles. The van der Waals surface area contributed by atoms with E-state index < -0.39 is 0 Å². The minimum Gasteiger partial charge on any atom is -0.454 e. The maximum absolute atomic E-state index is 6.82. The van der Waals surface area contributed by atoms with Crippen molar-refractivity contribution in [3.63, 3.8) is 0 Å². The molecule has 0 unspecified atom stereocenters. The molecule has 3 nitrogen and oxygen atoms in total. The number of nitrogens with zero attached hydrogens (tertiary/aromatic N) is 2. The summed E-state index contributed by atoms with van der Waals surface area (Å²) in [4.78, 5) is 2.40. The van der Waals surface area contributed by atoms with Crippen molar-refractivity contribution >= 4 is 71.6 Å². The van der Waals surface area contributed by atoms with Crippen LogP contribution in [-0.4, -0.2) is 4.57 Å². The lowest BCUT2D eigenvalue weighted by Crippen LogP contribution is -2.10. The molecule has 0 N–H and O–H groups in total. The van der Waals surface area contributed by atoms with Gasteiger partial charge in [-0.25, -0.2) is 0 Å². The van der Waals surface area contributed by atoms with Crippen molar-refractivity contribution in [1.82, 2.24) is 4.57 Å². The Bertz CT molecular complexity index is 2810. The molecule has 0 atom stereocenters. The second-order valence-corrected chi connectivity index (χ2v) is 12.6. The number of rotatable bonds is 5. The first-order valence-corrected chi connectivity index (χ1v) is 16.7. The molecule has 49 heavy (non-hydrogen) atoms. The highest BCUT2D eigenvalue weighted by molar-refractivity contribution is 6.27. The first-order chi connectivity index (χ1) is 24.3. The van der Waals surface area contributed by atoms with Crippen LogP contribution >= 0.6 is 0 Å². The number of aromatic nitrogens is 1. The SMILES string of the molecule is c1ccc(-c2ccc(N(c3ccccc3)c3cc4c5ccccc5oc4c4c3c3ccccc3n4-c3ccc4ccccc4c3)cc2)cc1. The summed E-state index contributed by atoms with van der Waals surface area (Å²) in [5, 5.41) is 6.92. The molecule has 230 valence electrons. The number of fused-ring (bicyclic) bond motifs is 8. The van der Waals surface area contributed by atoms with Gasteiger partial charge in [0.1, 0.15) is 5.58 Å². The van der Waals surface area contributed by atoms with Gasteiger partial charge in [-0.1, -0.05) is 127 Å². The second kappa shape index (κ2) is 11.0. The van der Waals surface area contributed by atoms with Crippen LogP contribution in [0, 0.1) is 0 Å². The molecular weight excluding hydrogens is 597 g/mol. The van der Waals surface area contributed by atoms with Crippen LogP contribution in [0.15, 0.2) is 186 Å². The molecule has 10 aromatic rings. The maximum Gasteiger partial charge on any atom is 0.160 e. The van der Waals surface area contributed by atoms with Crippen molar-refractivity contribution in [1.29, 1.82) is 0 Å². The normalized spacial score (nSPS) is 11.7. The fraction of sp³-hybridized carbons (Fsp3) is 0. The summed E-state index contributed by atoms with van der Waals surface area (Å²) in [6, 6.07) is 64.9. The smallest absolute Gasteiger partial charge is 0.160 e. The van der Waals surface area contributed by atoms with Gasteiger partial charge in [0, 0.05) is 38.6 Å². The first kappa shape index (κ1) is 27.5. The Morgan fingerprint density at radius 2 is 1.08 bits per heavy atom. The number of para-hydroxylation sites is 3. The van der Waals surface area contributed by atoms with Gasteiger partial charge in [-0.05, 0) is 76.5 Å². The monoisotopic (exact) mass is 626 g/mol. The highest BCUT2D eigenvalue weighted by Crippen LogP contribution is 2.49. The van der Waals surface area contributed by atoms with Crippen molar-refractivity contribution in [3.05, 3.63) is 182 Å². The Kier molecular flexibility index (Phi) is 6.18. The van der Waals surface area contributed by atoms with Crippen LogP contribution in [0.5, 0.6) is 0 Å². The lowest BCUT2D eigenvalue weighted by molar-refractivity contribution is 0.671. The average molecular weight is 627 g/mol. The number of hydrogen-bond acceptors (Lipinski definition) is 2. The summed E-state index contributed by atoms with van der Waals surface area (Å²) in [5.74, 6) is 0. The molecule has 0 spiro atoms. The van der Waals surface area contributed by atoms with E-state index in [0.29, 0.717) is 0 Å². The number of furan rings is 1. The fourth-order valence-corrected chi connectivity index (χ4v) is 7.51. The first-order valence-electron chi connectivity index (χ1n) is 16.7. The highest BCUT2D eigenvalue weighted by Gasteiger charge is 2.26. The number of hydrogen-bond donors (Lipinski definition) is 0. The molecule has 0 aliphatic rings. The summed E-state index contributed by atoms with van der Waals surface area (Å²) >= 11 is 0. The Labute approximate surface area is 283 Å². The maximum atomic E-state index is 6.82. The van der Waals surface area contributed by atoms with E-state index >= 15 is 0 Å². The van der Waals surface area contributed by atoms with E-state index in [2.05, 4.69) is 185 Å². The average Bonchev–Trinajstić information content (AvgIpc) is 3.72. The van der Waals surface area contributed by atoms with Crippen LogP contribution in [0.2, 0.25) is 0 Å². The third-order valence-electron chi connectivity index (χ3n) is 9.74. The standard InChI is InChI=1S/C46H30N2O/c1-3-13-31(14-4-1)33-23-26-36(27-24-33)47(35-17-5-2-6-18-35)42-30-40-38-19-10-12-22-43(38)49-46(40)45-44(42)39-20-9-11-21-41(39)48(45)37-28-25-32-15-7-8-16-34(32)29-37/h1-30H. The van der Waals surface area contributed by atoms with Crippen molar-refractivity contribution in [3.8, 4) is 16.8 Å². The van der Waals surface area contributed by atoms with E-state index in [1.165, 1.54) is 27.3 Å². The van der Waals surface area contributed by atoms with Gasteiger partial charge in [-0.15, -0.1) is 0 Å². The van der Waals surface area contributed by atoms with Gasteiger partial charge in [-0.3, -0.25) is 0 Å². The third-order valence-corrected chi connectivity index (χ3v) is 9.74. The molecule has 2 aromatic heterocycles. The lowest BCUT2D eigenvalue weighted by atomic mass is 10.0. The molecule has 0 aliphatic carbocycles. The Hall–Kier alpha value is -6.58. The Morgan fingerprint density at radius 1 is 0.449 bits per heavy atom. The molecule has 0 radical (unpaired) electrons. The summed E-state index contributed by atoms with van der Waals surface area (Å²) in [7, 11) is 0. The summed E-state index contributed by atoms with van der Waals surface area (Å²) in [5.41, 5.74) is 10.7. The van der Waals surface area contributed by atoms with Crippen molar-refractivity contribution in [2.75, 3.05) is 4.90 Å². The van der Waals surface area contributed by atoms with Crippen LogP contribution in [-0.2, 0) is 0 Å². The topological polar surface area (TPSA) is 21.3 Å². The van der Waals surface area contributed by atoms with E-state index in [0.717, 1.165) is 61.1 Å². The number of anilines is 3. The summed E-state index contributed by atoms with van der Waals surface area (Å²) < 4.78 is 9.21. The zero-order valence-corrected chi connectivity index (χ0v) is 26.6. The predicted molar refractivity (Wildman–Crippen MR) is 206 cm³/mol. The van der Waals surface area contributed by atoms with Gasteiger partial charge in [0.05, 0.1) is 16.7 Å². The van der Waals surface area contributed by atoms with Crippen LogP contribution < -0.4 is 4.90 Å². The predicted octanol–water partition coefficient (Wildman–Crippen LogP) is 13.0. The molecule has 2 heterocycles. The fourth-order valence-electron chi connectivity index (χ4n) is 7.51. The van der Waals surface area contributed by atoms with E-state index in [1.54, 1.807) is 0 Å². The molecule has 8 aromatic carbocycles. The zero-order valence-electron chi connectivity index (χ0n) is 26.6. The largest absolute Gasteiger partial charge is 0.454 e. The molecule has 0 fully saturated rings. The Balaban J connectivity index is 1.34. The van der Waals surface area contributed by atoms with Gasteiger partial charge in [0.25, 0.3) is 0 Å². The van der Waals surface area contributed by atoms with Crippen LogP contribution in [0.4, 0.5) is 17.1 Å². The quantitative estimate of drug-likeness (QED) is 0.190. The lowest BCUT2D eigenvalue weighted by Gasteiger charge is -2.27. The molecule has 0 saturated carbocycles. The molecule has 10 rings (SSSR count). The van der Waals surface area contributed by atoms with Gasteiger partial charge < -0.3 is 13.9 Å². The van der Waals surface area contributed by atoms with Gasteiger partial charge in [0.15, 0.2) is 5.58 Å².